The van der Waals surface area contributed by atoms with Gasteiger partial charge in [0.15, 0.2) is 11.3 Å². The minimum Gasteiger partial charge on any atom is -0.280 e. The average Bonchev–Trinajstić information content (AvgIpc) is 3.50. The fourth-order valence-corrected chi connectivity index (χ4v) is 3.85. The van der Waals surface area contributed by atoms with Gasteiger partial charge in [0.2, 0.25) is 0 Å². The van der Waals surface area contributed by atoms with E-state index in [0.717, 1.165) is 45.4 Å². The van der Waals surface area contributed by atoms with Gasteiger partial charge in [0.25, 0.3) is 0 Å². The van der Waals surface area contributed by atoms with Gasteiger partial charge in [-0.15, -0.1) is 0 Å². The number of pyridine rings is 2. The monoisotopic (exact) mass is 446 g/mol. The molecular formula is C24H18N10. The summed E-state index contributed by atoms with van der Waals surface area (Å²) in [6.45, 7) is 3.86. The standard InChI is InChI=1S/C24H18N10/c1-15-21-23(27-11-25-15)29-13-33(21)19-7-3-5-17(31-19)9-10-18-6-4-8-20(32-18)34-14-30-24-22(34)16(2)26-12-28-24/h3-14H,1-2H3. The van der Waals surface area contributed by atoms with E-state index in [0.29, 0.717) is 11.3 Å². The molecule has 0 atom stereocenters. The minimum absolute atomic E-state index is 0.643. The van der Waals surface area contributed by atoms with Crippen molar-refractivity contribution in [2.75, 3.05) is 0 Å². The Balaban J connectivity index is 1.33. The fourth-order valence-electron chi connectivity index (χ4n) is 3.85. The number of aryl methyl sites for hydroxylation is 2. The molecular weight excluding hydrogens is 428 g/mol. The molecule has 0 aliphatic heterocycles. The van der Waals surface area contributed by atoms with Crippen LogP contribution in [-0.2, 0) is 0 Å². The van der Waals surface area contributed by atoms with Crippen LogP contribution in [-0.4, -0.2) is 49.0 Å². The first-order chi connectivity index (χ1) is 16.7. The van der Waals surface area contributed by atoms with Crippen LogP contribution in [0.4, 0.5) is 0 Å². The predicted octanol–water partition coefficient (Wildman–Crippen LogP) is 3.52. The molecule has 0 aromatic carbocycles. The summed E-state index contributed by atoms with van der Waals surface area (Å²) in [6.07, 6.45) is 10.3. The van der Waals surface area contributed by atoms with Gasteiger partial charge in [-0.25, -0.2) is 39.9 Å². The molecule has 0 aliphatic rings. The third-order valence-corrected chi connectivity index (χ3v) is 5.47. The summed E-state index contributed by atoms with van der Waals surface area (Å²) in [6, 6.07) is 11.7. The highest BCUT2D eigenvalue weighted by molar-refractivity contribution is 5.76. The molecule has 10 heteroatoms. The molecule has 0 aliphatic carbocycles. The molecule has 6 aromatic rings. The Labute approximate surface area is 193 Å². The van der Waals surface area contributed by atoms with Gasteiger partial charge in [0.05, 0.1) is 22.8 Å². The Kier molecular flexibility index (Phi) is 4.61. The van der Waals surface area contributed by atoms with Gasteiger partial charge in [-0.05, 0) is 50.3 Å². The molecule has 0 saturated carbocycles. The molecule has 0 spiro atoms. The van der Waals surface area contributed by atoms with Crippen molar-refractivity contribution < 1.29 is 0 Å². The predicted molar refractivity (Wildman–Crippen MR) is 127 cm³/mol. The molecule has 164 valence electrons. The average molecular weight is 446 g/mol. The van der Waals surface area contributed by atoms with Crippen LogP contribution in [0.5, 0.6) is 0 Å². The van der Waals surface area contributed by atoms with Crippen molar-refractivity contribution in [2.24, 2.45) is 0 Å². The van der Waals surface area contributed by atoms with Gasteiger partial charge < -0.3 is 0 Å². The van der Waals surface area contributed by atoms with Crippen LogP contribution in [0.2, 0.25) is 0 Å². The van der Waals surface area contributed by atoms with Crippen LogP contribution < -0.4 is 0 Å². The second-order valence-corrected chi connectivity index (χ2v) is 7.67. The molecule has 0 saturated heterocycles. The summed E-state index contributed by atoms with van der Waals surface area (Å²) in [5.41, 5.74) is 6.25. The normalized spacial score (nSPS) is 11.7. The van der Waals surface area contributed by atoms with Gasteiger partial charge in [-0.1, -0.05) is 12.1 Å². The van der Waals surface area contributed by atoms with Crippen molar-refractivity contribution in [1.29, 1.82) is 0 Å². The molecule has 6 rings (SSSR count). The first kappa shape index (κ1) is 19.8. The Morgan fingerprint density at radius 3 is 1.53 bits per heavy atom. The Morgan fingerprint density at radius 2 is 1.06 bits per heavy atom. The highest BCUT2D eigenvalue weighted by atomic mass is 15.2. The number of hydrogen-bond acceptors (Lipinski definition) is 8. The number of fused-ring (bicyclic) bond motifs is 2. The smallest absolute Gasteiger partial charge is 0.181 e. The maximum Gasteiger partial charge on any atom is 0.181 e. The van der Waals surface area contributed by atoms with Crippen molar-refractivity contribution in [3.63, 3.8) is 0 Å². The van der Waals surface area contributed by atoms with Crippen LogP contribution in [0.3, 0.4) is 0 Å². The first-order valence-corrected chi connectivity index (χ1v) is 10.6. The molecule has 0 bridgehead atoms. The Bertz CT molecular complexity index is 1570. The molecule has 6 aromatic heterocycles. The van der Waals surface area contributed by atoms with E-state index in [9.17, 15) is 0 Å². The number of aromatic nitrogens is 10. The van der Waals surface area contributed by atoms with Crippen LogP contribution in [0.25, 0.3) is 46.1 Å². The van der Waals surface area contributed by atoms with E-state index < -0.39 is 0 Å². The van der Waals surface area contributed by atoms with Crippen LogP contribution >= 0.6 is 0 Å². The second kappa shape index (κ2) is 7.93. The molecule has 0 radical (unpaired) electrons. The summed E-state index contributed by atoms with van der Waals surface area (Å²) < 4.78 is 3.80. The van der Waals surface area contributed by atoms with E-state index in [1.165, 1.54) is 12.7 Å². The van der Waals surface area contributed by atoms with Crippen LogP contribution in [0.15, 0.2) is 61.7 Å². The SMILES string of the molecule is Cc1ncnc2ncn(-c3cccc(C=Cc4cccc(-n5cnc6ncnc(C)c65)n4)n3)c12. The van der Waals surface area contributed by atoms with Crippen molar-refractivity contribution >= 4 is 34.5 Å². The Hall–Kier alpha value is -4.86. The minimum atomic E-state index is 0.643. The summed E-state index contributed by atoms with van der Waals surface area (Å²) in [5, 5.41) is 0. The molecule has 0 amide bonds. The molecule has 0 fully saturated rings. The first-order valence-electron chi connectivity index (χ1n) is 10.6. The van der Waals surface area contributed by atoms with Crippen LogP contribution in [0, 0.1) is 13.8 Å². The third kappa shape index (κ3) is 3.37. The van der Waals surface area contributed by atoms with Gasteiger partial charge in [-0.3, -0.25) is 9.13 Å². The fraction of sp³-hybridized carbons (Fsp3) is 0.0833. The van der Waals surface area contributed by atoms with Gasteiger partial charge in [0.1, 0.15) is 48.0 Å². The maximum atomic E-state index is 4.77. The maximum absolute atomic E-state index is 4.77. The number of rotatable bonds is 4. The number of nitrogens with zero attached hydrogens (tertiary/aromatic N) is 10. The van der Waals surface area contributed by atoms with E-state index in [1.807, 2.05) is 71.5 Å². The lowest BCUT2D eigenvalue weighted by atomic mass is 10.2. The zero-order chi connectivity index (χ0) is 23.1. The highest BCUT2D eigenvalue weighted by Crippen LogP contribution is 2.19. The molecule has 0 unspecified atom stereocenters. The van der Waals surface area contributed by atoms with Crippen LogP contribution in [0.1, 0.15) is 22.8 Å². The van der Waals surface area contributed by atoms with E-state index in [1.54, 1.807) is 12.7 Å². The Morgan fingerprint density at radius 1 is 0.588 bits per heavy atom. The van der Waals surface area contributed by atoms with Gasteiger partial charge >= 0.3 is 0 Å². The molecule has 0 N–H and O–H groups in total. The quantitative estimate of drug-likeness (QED) is 0.404. The summed E-state index contributed by atoms with van der Waals surface area (Å²) in [7, 11) is 0. The van der Waals surface area contributed by atoms with E-state index >= 15 is 0 Å². The van der Waals surface area contributed by atoms with E-state index in [-0.39, 0.29) is 0 Å². The second-order valence-electron chi connectivity index (χ2n) is 7.67. The van der Waals surface area contributed by atoms with E-state index in [2.05, 4.69) is 29.9 Å². The lowest BCUT2D eigenvalue weighted by Gasteiger charge is -2.06. The zero-order valence-electron chi connectivity index (χ0n) is 18.4. The topological polar surface area (TPSA) is 113 Å². The van der Waals surface area contributed by atoms with Crippen molar-refractivity contribution in [3.8, 4) is 11.6 Å². The molecule has 10 nitrogen and oxygen atoms in total. The van der Waals surface area contributed by atoms with Gasteiger partial charge in [0, 0.05) is 0 Å². The lowest BCUT2D eigenvalue weighted by molar-refractivity contribution is 1.00. The van der Waals surface area contributed by atoms with Crippen molar-refractivity contribution in [3.05, 3.63) is 84.5 Å². The summed E-state index contributed by atoms with van der Waals surface area (Å²) in [4.78, 5) is 35.3. The molecule has 34 heavy (non-hydrogen) atoms. The lowest BCUT2D eigenvalue weighted by Crippen LogP contribution is -2.00. The van der Waals surface area contributed by atoms with Crippen molar-refractivity contribution in [1.82, 2.24) is 49.0 Å². The van der Waals surface area contributed by atoms with E-state index in [4.69, 9.17) is 9.97 Å². The van der Waals surface area contributed by atoms with Gasteiger partial charge in [-0.2, -0.15) is 0 Å². The number of hydrogen-bond donors (Lipinski definition) is 0. The molecule has 6 heterocycles. The highest BCUT2D eigenvalue weighted by Gasteiger charge is 2.11. The largest absolute Gasteiger partial charge is 0.280 e. The summed E-state index contributed by atoms with van der Waals surface area (Å²) in [5.74, 6) is 1.48. The van der Waals surface area contributed by atoms with Crippen molar-refractivity contribution in [2.45, 2.75) is 13.8 Å². The summed E-state index contributed by atoms with van der Waals surface area (Å²) >= 11 is 0. The third-order valence-electron chi connectivity index (χ3n) is 5.47. The zero-order valence-corrected chi connectivity index (χ0v) is 18.4. The number of imidazole rings is 2.